The van der Waals surface area contributed by atoms with E-state index in [1.165, 1.54) is 0 Å². The molecule has 4 aliphatic heterocycles. The molecule has 4 fully saturated rings. The van der Waals surface area contributed by atoms with E-state index in [9.17, 15) is 38.4 Å². The second-order valence-corrected chi connectivity index (χ2v) is 31.8. The predicted molar refractivity (Wildman–Crippen MR) is 431 cm³/mol. The number of hydrogen-bond acceptors (Lipinski definition) is 16. The molecule has 4 saturated heterocycles. The van der Waals surface area contributed by atoms with Gasteiger partial charge in [0, 0.05) is 32.6 Å². The highest BCUT2D eigenvalue weighted by molar-refractivity contribution is 5.89. The molecule has 3 unspecified atom stereocenters. The van der Waals surface area contributed by atoms with Crippen LogP contribution >= 0.6 is 0 Å². The van der Waals surface area contributed by atoms with Crippen molar-refractivity contribution < 1.29 is 57.3 Å². The summed E-state index contributed by atoms with van der Waals surface area (Å²) in [4.78, 5) is 150. The first-order valence-electron chi connectivity index (χ1n) is 40.4. The van der Waals surface area contributed by atoms with Crippen molar-refractivity contribution in [2.45, 2.75) is 208 Å². The van der Waals surface area contributed by atoms with Crippen LogP contribution in [0.15, 0.2) is 116 Å². The number of nitrogens with one attached hydrogen (secondary N) is 8. The van der Waals surface area contributed by atoms with Crippen molar-refractivity contribution in [2.75, 3.05) is 39.4 Å². The van der Waals surface area contributed by atoms with Crippen LogP contribution in [0.4, 0.5) is 19.2 Å². The van der Waals surface area contributed by atoms with Crippen molar-refractivity contribution in [1.29, 1.82) is 0 Å². The molecule has 0 radical (unpaired) electrons. The van der Waals surface area contributed by atoms with Gasteiger partial charge in [0.25, 0.3) is 0 Å². The number of imidazole rings is 4. The Morgan fingerprint density at radius 1 is 0.377 bits per heavy atom. The van der Waals surface area contributed by atoms with Gasteiger partial charge in [-0.2, -0.15) is 0 Å². The molecule has 606 valence electrons. The number of aromatic amines is 4. The van der Waals surface area contributed by atoms with Crippen LogP contribution in [0.3, 0.4) is 0 Å². The van der Waals surface area contributed by atoms with Crippen LogP contribution in [0, 0.1) is 23.7 Å². The minimum Gasteiger partial charge on any atom is -0.450 e. The lowest BCUT2D eigenvalue weighted by Crippen LogP contribution is -2.51. The number of alkyl carbamates (subject to hydrolysis) is 4. The Morgan fingerprint density at radius 3 is 0.956 bits per heavy atom. The van der Waals surface area contributed by atoms with E-state index in [0.29, 0.717) is 80.1 Å². The van der Waals surface area contributed by atoms with E-state index in [4.69, 9.17) is 38.9 Å². The molecule has 12 rings (SSSR count). The number of aromatic nitrogens is 8. The number of carbonyl (C=O) groups excluding carboxylic acids is 8. The summed E-state index contributed by atoms with van der Waals surface area (Å²) in [7, 11) is 0. The molecule has 8 amide bonds. The van der Waals surface area contributed by atoms with Gasteiger partial charge >= 0.3 is 24.4 Å². The Labute approximate surface area is 666 Å². The molecule has 0 saturated carbocycles. The standard InChI is InChI=1S/C86H110N16O12/c1-14-111-83(107)95-70(48(3)4)79(103)99-40-16-20-66(99)75-87-45-65(91-75)60-36-28-56(29-37-60)57-30-38-61(39-31-57)74-62(90-78(94-74)69-23-19-43-102(69)80(104)71(49(5)6)96-84(108)112-15-2)44-53(13)114-86(110)98-73(51(9)10)82(106)101-42-18-22-68(101)77-89-47-64(93-77)59-34-26-55(27-35-59)54-24-32-58(33-25-54)63-46-88-76(92-63)67-21-17-41-100(67)81(105)72(50(7)8)97-85(109)113-52(11)12/h24-39,45-53,66-73H,14-23,40-44H2,1-13H3,(H,87,91)(H,88,92)(H,89,93)(H,90,94)(H,95,107)(H,96,108)(H,97,109)(H,98,110)/t53?,66?,67?,68-,69-,70-,71-,72-,73-/m0/s1. The number of H-pyrrole nitrogens is 4. The smallest absolute Gasteiger partial charge is 0.408 e. The van der Waals surface area contributed by atoms with Crippen molar-refractivity contribution in [3.63, 3.8) is 0 Å². The third-order valence-corrected chi connectivity index (χ3v) is 21.9. The summed E-state index contributed by atoms with van der Waals surface area (Å²) in [5, 5.41) is 11.3. The molecule has 0 bridgehead atoms. The van der Waals surface area contributed by atoms with E-state index >= 15 is 0 Å². The van der Waals surface area contributed by atoms with E-state index in [1.807, 2.05) is 133 Å². The van der Waals surface area contributed by atoms with Crippen LogP contribution in [0.5, 0.6) is 0 Å². The van der Waals surface area contributed by atoms with Gasteiger partial charge in [-0.3, -0.25) is 19.2 Å². The van der Waals surface area contributed by atoms with Gasteiger partial charge in [0.1, 0.15) is 53.6 Å². The highest BCUT2D eigenvalue weighted by Gasteiger charge is 2.43. The van der Waals surface area contributed by atoms with Crippen LogP contribution in [0.1, 0.15) is 195 Å². The molecule has 4 aromatic heterocycles. The normalized spacial score (nSPS) is 18.3. The maximum Gasteiger partial charge on any atom is 0.408 e. The molecule has 9 atom stereocenters. The first-order chi connectivity index (χ1) is 54.7. The minimum absolute atomic E-state index is 0.148. The zero-order chi connectivity index (χ0) is 81.2. The molecular formula is C86H110N16O12. The average Bonchev–Trinajstić information content (AvgIpc) is 1.62. The van der Waals surface area contributed by atoms with E-state index in [1.54, 1.807) is 67.9 Å². The Balaban J connectivity index is 0.693. The van der Waals surface area contributed by atoms with Crippen LogP contribution in [-0.4, -0.2) is 183 Å². The third-order valence-electron chi connectivity index (χ3n) is 21.9. The summed E-state index contributed by atoms with van der Waals surface area (Å²) in [6.07, 6.45) is 7.65. The maximum absolute atomic E-state index is 14.8. The zero-order valence-corrected chi connectivity index (χ0v) is 67.6. The molecule has 114 heavy (non-hydrogen) atoms. The Kier molecular flexibility index (Phi) is 26.4. The summed E-state index contributed by atoms with van der Waals surface area (Å²) < 4.78 is 21.8. The maximum atomic E-state index is 14.8. The minimum atomic E-state index is -0.923. The average molecular weight is 1560 g/mol. The summed E-state index contributed by atoms with van der Waals surface area (Å²) in [5.41, 5.74) is 11.2. The Hall–Kier alpha value is -11.3. The van der Waals surface area contributed by atoms with E-state index in [0.717, 1.165) is 93.7 Å². The van der Waals surface area contributed by atoms with E-state index in [2.05, 4.69) is 65.5 Å². The number of hydrogen-bond donors (Lipinski definition) is 8. The molecule has 8 N–H and O–H groups in total. The van der Waals surface area contributed by atoms with Gasteiger partial charge in [-0.25, -0.2) is 39.1 Å². The molecule has 28 nitrogen and oxygen atoms in total. The van der Waals surface area contributed by atoms with Gasteiger partial charge in [-0.1, -0.05) is 152 Å². The molecule has 8 aromatic rings. The van der Waals surface area contributed by atoms with Gasteiger partial charge in [0.2, 0.25) is 23.6 Å². The largest absolute Gasteiger partial charge is 0.450 e. The Morgan fingerprint density at radius 2 is 0.658 bits per heavy atom. The van der Waals surface area contributed by atoms with Gasteiger partial charge in [-0.15, -0.1) is 0 Å². The summed E-state index contributed by atoms with van der Waals surface area (Å²) in [6.45, 7) is 26.3. The fourth-order valence-electron chi connectivity index (χ4n) is 15.9. The molecule has 28 heteroatoms. The zero-order valence-electron chi connectivity index (χ0n) is 67.6. The van der Waals surface area contributed by atoms with Crippen LogP contribution < -0.4 is 21.3 Å². The first-order valence-corrected chi connectivity index (χ1v) is 40.4. The molecule has 8 heterocycles. The number of nitrogens with zero attached hydrogens (tertiary/aromatic N) is 8. The molecule has 4 aliphatic rings. The van der Waals surface area contributed by atoms with Gasteiger partial charge < -0.3 is 79.8 Å². The van der Waals surface area contributed by atoms with Crippen molar-refractivity contribution in [3.8, 4) is 67.3 Å². The third kappa shape index (κ3) is 19.0. The van der Waals surface area contributed by atoms with Gasteiger partial charge in [0.15, 0.2) is 0 Å². The number of carbonyl (C=O) groups is 8. The quantitative estimate of drug-likeness (QED) is 0.0211. The van der Waals surface area contributed by atoms with Crippen LogP contribution in [0.2, 0.25) is 0 Å². The van der Waals surface area contributed by atoms with E-state index in [-0.39, 0.29) is 91.2 Å². The summed E-state index contributed by atoms with van der Waals surface area (Å²) >= 11 is 0. The van der Waals surface area contributed by atoms with Crippen LogP contribution in [-0.2, 0) is 44.5 Å². The lowest BCUT2D eigenvalue weighted by Gasteiger charge is -2.30. The van der Waals surface area contributed by atoms with Crippen molar-refractivity contribution in [1.82, 2.24) is 80.7 Å². The molecule has 0 spiro atoms. The second kappa shape index (κ2) is 36.7. The van der Waals surface area contributed by atoms with Crippen molar-refractivity contribution in [2.24, 2.45) is 23.7 Å². The summed E-state index contributed by atoms with van der Waals surface area (Å²) in [6, 6.07) is 28.0. The monoisotopic (exact) mass is 1560 g/mol. The summed E-state index contributed by atoms with van der Waals surface area (Å²) in [5.74, 6) is 0.896. The SMILES string of the molecule is CCOC(=O)N[C@H](C(=O)N1CCCC1c1ncc(-c2ccc(-c3ccc(-c4[nH]c([C@@H]5CCCN5C(=O)[C@@H](NC(=O)OCC)C(C)C)nc4CC(C)OC(=O)N[C@H](C(=O)N4CCC[C@H]4c4ncc(-c5ccc(-c6ccc(-c7cnc(C8CCCN8C(=O)[C@@H](NC(=O)OC(C)C)C(C)C)[nH]7)cc6)cc5)[nH]4)C(C)C)cc3)cc2)[nH]1)C(C)C. The molecule has 0 aliphatic carbocycles. The highest BCUT2D eigenvalue weighted by Crippen LogP contribution is 2.40. The fraction of sp³-hybridized carbons (Fsp3) is 0.488. The lowest BCUT2D eigenvalue weighted by molar-refractivity contribution is -0.136. The van der Waals surface area contributed by atoms with Crippen molar-refractivity contribution in [3.05, 3.63) is 145 Å². The Bertz CT molecular complexity index is 4660. The molecular weight excluding hydrogens is 1450 g/mol. The highest BCUT2D eigenvalue weighted by atomic mass is 16.6. The van der Waals surface area contributed by atoms with Crippen molar-refractivity contribution >= 4 is 48.0 Å². The lowest BCUT2D eigenvalue weighted by atomic mass is 10.00. The number of amides is 8. The topological polar surface area (TPSA) is 349 Å². The second-order valence-electron chi connectivity index (χ2n) is 31.8. The van der Waals surface area contributed by atoms with E-state index < -0.39 is 60.7 Å². The number of rotatable bonds is 28. The number of benzene rings is 4. The first kappa shape index (κ1) is 82.1. The van der Waals surface area contributed by atoms with Crippen LogP contribution in [0.25, 0.3) is 67.3 Å². The fourth-order valence-corrected chi connectivity index (χ4v) is 15.9. The van der Waals surface area contributed by atoms with Gasteiger partial charge in [0.05, 0.1) is 90.5 Å². The number of likely N-dealkylation sites (tertiary alicyclic amines) is 4. The van der Waals surface area contributed by atoms with Gasteiger partial charge in [-0.05, 0) is 154 Å². The predicted octanol–water partition coefficient (Wildman–Crippen LogP) is 14.3. The number of ether oxygens (including phenoxy) is 4. The molecule has 4 aromatic carbocycles.